The standard InChI is InChI=1S/C34H35FN4O6/c1-15(2)26-32-39-27(31-36-17(5)14-43-31)29(45-32)34-21-13-20(35)7-8-23(21)37-33(34)44-25-9-6-18(11-22(25)34)10-19(30(42)38-26)12-24(40)28(41)16(3)4/h6-9,11,13-16,19,26,28,33,37,41H,10,12H2,1-5H3,(H,38,42)/t19?,26-,28-,33-,34?/m0/s1. The summed E-state index contributed by atoms with van der Waals surface area (Å²) in [6.07, 6.45) is -0.310. The van der Waals surface area contributed by atoms with Crippen molar-refractivity contribution >= 4 is 17.4 Å². The smallest absolute Gasteiger partial charge is 0.249 e. The Morgan fingerprint density at radius 2 is 1.91 bits per heavy atom. The fourth-order valence-corrected chi connectivity index (χ4v) is 6.78. The van der Waals surface area contributed by atoms with Crippen LogP contribution in [0.25, 0.3) is 11.6 Å². The van der Waals surface area contributed by atoms with Crippen molar-refractivity contribution in [1.29, 1.82) is 0 Å². The third-order valence-electron chi connectivity index (χ3n) is 9.12. The lowest BCUT2D eigenvalue weighted by Gasteiger charge is -2.28. The molecule has 10 nitrogen and oxygen atoms in total. The number of halogens is 1. The third-order valence-corrected chi connectivity index (χ3v) is 9.12. The number of amides is 1. The molecular weight excluding hydrogens is 579 g/mol. The number of ketones is 1. The van der Waals surface area contributed by atoms with Crippen LogP contribution in [0.5, 0.6) is 5.75 Å². The Labute approximate surface area is 259 Å². The molecule has 5 heterocycles. The van der Waals surface area contributed by atoms with Crippen molar-refractivity contribution in [1.82, 2.24) is 15.3 Å². The normalized spacial score (nSPS) is 23.8. The van der Waals surface area contributed by atoms with E-state index >= 15 is 4.39 Å². The molecular formula is C34H35FN4O6. The van der Waals surface area contributed by atoms with Crippen molar-refractivity contribution < 1.29 is 32.7 Å². The van der Waals surface area contributed by atoms with Gasteiger partial charge in [0.1, 0.15) is 35.4 Å². The molecule has 45 heavy (non-hydrogen) atoms. The highest BCUT2D eigenvalue weighted by molar-refractivity contribution is 5.89. The van der Waals surface area contributed by atoms with Crippen molar-refractivity contribution in [3.8, 4) is 17.3 Å². The van der Waals surface area contributed by atoms with E-state index in [1.165, 1.54) is 18.4 Å². The average Bonchev–Trinajstić information content (AvgIpc) is 3.75. The van der Waals surface area contributed by atoms with Gasteiger partial charge in [-0.25, -0.2) is 14.4 Å². The summed E-state index contributed by atoms with van der Waals surface area (Å²) in [5.41, 5.74) is 2.50. The number of benzene rings is 2. The van der Waals surface area contributed by atoms with Crippen LogP contribution < -0.4 is 15.4 Å². The lowest BCUT2D eigenvalue weighted by Crippen LogP contribution is -2.41. The van der Waals surface area contributed by atoms with Gasteiger partial charge in [-0.2, -0.15) is 0 Å². The predicted octanol–water partition coefficient (Wildman–Crippen LogP) is 5.22. The first-order chi connectivity index (χ1) is 21.5. The van der Waals surface area contributed by atoms with Crippen LogP contribution in [-0.2, 0) is 21.4 Å². The van der Waals surface area contributed by atoms with Crippen LogP contribution in [-0.4, -0.2) is 39.1 Å². The van der Waals surface area contributed by atoms with Crippen molar-refractivity contribution in [3.05, 3.63) is 82.5 Å². The Morgan fingerprint density at radius 1 is 1.11 bits per heavy atom. The summed E-state index contributed by atoms with van der Waals surface area (Å²) in [5.74, 6) is -1.08. The van der Waals surface area contributed by atoms with Crippen LogP contribution in [0.2, 0.25) is 0 Å². The number of anilines is 1. The van der Waals surface area contributed by atoms with Crippen molar-refractivity contribution in [2.24, 2.45) is 17.8 Å². The molecule has 7 rings (SSSR count). The van der Waals surface area contributed by atoms with Crippen LogP contribution in [0.1, 0.15) is 74.2 Å². The molecule has 5 atom stereocenters. The molecule has 2 aromatic heterocycles. The van der Waals surface area contributed by atoms with Crippen molar-refractivity contribution in [3.63, 3.8) is 0 Å². The van der Waals surface area contributed by atoms with Gasteiger partial charge in [0.2, 0.25) is 17.7 Å². The number of aliphatic hydroxyl groups excluding tert-OH is 1. The van der Waals surface area contributed by atoms with E-state index in [1.807, 2.05) is 32.0 Å². The second-order valence-electron chi connectivity index (χ2n) is 13.0. The highest BCUT2D eigenvalue weighted by Crippen LogP contribution is 2.59. The van der Waals surface area contributed by atoms with Crippen LogP contribution >= 0.6 is 0 Å². The Balaban J connectivity index is 1.49. The van der Waals surface area contributed by atoms with Crippen LogP contribution in [0, 0.1) is 30.5 Å². The van der Waals surface area contributed by atoms with Gasteiger partial charge in [-0.3, -0.25) is 9.59 Å². The first kappa shape index (κ1) is 29.2. The van der Waals surface area contributed by atoms with E-state index in [9.17, 15) is 14.7 Å². The molecule has 3 aliphatic heterocycles. The molecule has 0 radical (unpaired) electrons. The zero-order valence-electron chi connectivity index (χ0n) is 25.7. The molecule has 2 aromatic carbocycles. The lowest BCUT2D eigenvalue weighted by molar-refractivity contribution is -0.135. The zero-order chi connectivity index (χ0) is 31.8. The predicted molar refractivity (Wildman–Crippen MR) is 161 cm³/mol. The molecule has 0 fully saturated rings. The quantitative estimate of drug-likeness (QED) is 0.267. The summed E-state index contributed by atoms with van der Waals surface area (Å²) in [6.45, 7) is 9.19. The molecule has 0 saturated carbocycles. The van der Waals surface area contributed by atoms with Gasteiger partial charge in [0.05, 0.1) is 5.69 Å². The number of fused-ring (bicyclic) bond motifs is 4. The first-order valence-corrected chi connectivity index (χ1v) is 15.3. The van der Waals surface area contributed by atoms with Gasteiger partial charge in [-0.1, -0.05) is 39.8 Å². The van der Waals surface area contributed by atoms with Crippen LogP contribution in [0.4, 0.5) is 10.1 Å². The van der Waals surface area contributed by atoms with E-state index < -0.39 is 41.3 Å². The summed E-state index contributed by atoms with van der Waals surface area (Å²) in [6, 6.07) is 9.45. The molecule has 3 aliphatic rings. The van der Waals surface area contributed by atoms with E-state index in [-0.39, 0.29) is 42.4 Å². The van der Waals surface area contributed by atoms with E-state index in [2.05, 4.69) is 15.6 Å². The van der Waals surface area contributed by atoms with E-state index in [0.717, 1.165) is 5.56 Å². The fraction of sp³-hybridized carbons (Fsp3) is 0.412. The molecule has 1 spiro atoms. The van der Waals surface area contributed by atoms with Crippen molar-refractivity contribution in [2.45, 2.75) is 71.2 Å². The minimum Gasteiger partial charge on any atom is -0.469 e. The average molecular weight is 615 g/mol. The van der Waals surface area contributed by atoms with Crippen molar-refractivity contribution in [2.75, 3.05) is 5.32 Å². The number of nitrogens with one attached hydrogen (secondary N) is 2. The number of carbonyl (C=O) groups is 2. The maximum atomic E-state index is 15.0. The Bertz CT molecular complexity index is 1830. The number of aryl methyl sites for hydroxylation is 1. The number of aromatic nitrogens is 2. The van der Waals surface area contributed by atoms with Gasteiger partial charge < -0.3 is 29.3 Å². The van der Waals surface area contributed by atoms with Gasteiger partial charge >= 0.3 is 0 Å². The molecule has 2 unspecified atom stereocenters. The maximum Gasteiger partial charge on any atom is 0.249 e. The molecule has 0 aliphatic carbocycles. The van der Waals surface area contributed by atoms with E-state index in [1.54, 1.807) is 26.8 Å². The lowest BCUT2D eigenvalue weighted by atomic mass is 9.72. The number of aliphatic hydroxyl groups is 1. The Hall–Kier alpha value is -4.51. The molecule has 4 bridgehead atoms. The zero-order valence-corrected chi connectivity index (χ0v) is 25.7. The number of rotatable bonds is 6. The number of hydrogen-bond donors (Lipinski definition) is 3. The number of hydrogen-bond acceptors (Lipinski definition) is 9. The molecule has 1 amide bonds. The van der Waals surface area contributed by atoms with Gasteiger partial charge in [0, 0.05) is 29.2 Å². The molecule has 3 N–H and O–H groups in total. The van der Waals surface area contributed by atoms with Gasteiger partial charge in [-0.05, 0) is 55.0 Å². The largest absolute Gasteiger partial charge is 0.469 e. The molecule has 4 aromatic rings. The summed E-state index contributed by atoms with van der Waals surface area (Å²) in [7, 11) is 0. The third kappa shape index (κ3) is 4.55. The Morgan fingerprint density at radius 3 is 2.62 bits per heavy atom. The summed E-state index contributed by atoms with van der Waals surface area (Å²) in [4.78, 5) is 36.5. The number of ether oxygens (including phenoxy) is 1. The van der Waals surface area contributed by atoms with Crippen LogP contribution in [0.3, 0.4) is 0 Å². The number of Topliss-reactive ketones (excluding diaryl/α,β-unsaturated/α-hetero) is 1. The van der Waals surface area contributed by atoms with E-state index in [0.29, 0.717) is 39.7 Å². The van der Waals surface area contributed by atoms with Crippen LogP contribution in [0.15, 0.2) is 51.5 Å². The first-order valence-electron chi connectivity index (χ1n) is 15.3. The monoisotopic (exact) mass is 614 g/mol. The molecule has 11 heteroatoms. The highest BCUT2D eigenvalue weighted by Gasteiger charge is 2.61. The minimum atomic E-state index is -1.20. The summed E-state index contributed by atoms with van der Waals surface area (Å²) >= 11 is 0. The fourth-order valence-electron chi connectivity index (χ4n) is 6.78. The molecule has 234 valence electrons. The number of oxazole rings is 2. The van der Waals surface area contributed by atoms with E-state index in [4.69, 9.17) is 18.6 Å². The topological polar surface area (TPSA) is 140 Å². The van der Waals surface area contributed by atoms with Gasteiger partial charge in [0.15, 0.2) is 23.5 Å². The maximum absolute atomic E-state index is 15.0. The summed E-state index contributed by atoms with van der Waals surface area (Å²) in [5, 5.41) is 17.0. The number of nitrogens with zero attached hydrogens (tertiary/aromatic N) is 2. The van der Waals surface area contributed by atoms with Gasteiger partial charge in [-0.15, -0.1) is 0 Å². The summed E-state index contributed by atoms with van der Waals surface area (Å²) < 4.78 is 34.1. The molecule has 0 saturated heterocycles. The Kier molecular flexibility index (Phi) is 6.85. The SMILES string of the molecule is Cc1coc(-c2nc3oc2C24c5cc(F)ccc5N[C@H]2Oc2ccc(cc24)CC(CC(=O)[C@@H](O)C(C)C)C(=O)N[C@H]3C(C)C)n1. The van der Waals surface area contributed by atoms with Gasteiger partial charge in [0.25, 0.3) is 0 Å². The number of carbonyl (C=O) groups excluding carboxylic acids is 2. The minimum absolute atomic E-state index is 0.148. The second-order valence-corrected chi connectivity index (χ2v) is 13.0. The highest BCUT2D eigenvalue weighted by atomic mass is 19.1. The second kappa shape index (κ2) is 10.5.